The van der Waals surface area contributed by atoms with E-state index in [4.69, 9.17) is 0 Å². The summed E-state index contributed by atoms with van der Waals surface area (Å²) >= 11 is 1.41. The summed E-state index contributed by atoms with van der Waals surface area (Å²) in [7, 11) is 0. The van der Waals surface area contributed by atoms with Crippen molar-refractivity contribution in [3.05, 3.63) is 29.3 Å². The van der Waals surface area contributed by atoms with Crippen molar-refractivity contribution in [3.8, 4) is 0 Å². The Bertz CT molecular complexity index is 724. The van der Waals surface area contributed by atoms with Crippen LogP contribution in [0.1, 0.15) is 49.8 Å². The van der Waals surface area contributed by atoms with E-state index in [1.165, 1.54) is 30.2 Å². The Balaban J connectivity index is 1.65. The minimum absolute atomic E-state index is 0.0343. The predicted octanol–water partition coefficient (Wildman–Crippen LogP) is 3.52. The van der Waals surface area contributed by atoms with E-state index in [-0.39, 0.29) is 11.2 Å². The van der Waals surface area contributed by atoms with Gasteiger partial charge in [0.2, 0.25) is 11.1 Å². The quantitative estimate of drug-likeness (QED) is 0.839. The first kappa shape index (κ1) is 17.0. The number of benzene rings is 1. The maximum absolute atomic E-state index is 12.5. The molecule has 3 rings (SSSR count). The van der Waals surface area contributed by atoms with E-state index >= 15 is 0 Å². The van der Waals surface area contributed by atoms with Gasteiger partial charge in [-0.15, -0.1) is 5.10 Å². The molecule has 1 fully saturated rings. The molecule has 1 saturated carbocycles. The molecule has 0 saturated heterocycles. The average Bonchev–Trinajstić information content (AvgIpc) is 3.20. The Hall–Kier alpha value is -1.89. The van der Waals surface area contributed by atoms with Crippen LogP contribution < -0.4 is 5.32 Å². The van der Waals surface area contributed by atoms with Gasteiger partial charge in [0.05, 0.1) is 11.3 Å². The number of nitrogens with zero attached hydrogens (tertiary/aromatic N) is 4. The molecule has 1 amide bonds. The van der Waals surface area contributed by atoms with Gasteiger partial charge in [0.25, 0.3) is 0 Å². The largest absolute Gasteiger partial charge is 0.325 e. The number of carbonyl (C=O) groups is 1. The van der Waals surface area contributed by atoms with Gasteiger partial charge in [-0.05, 0) is 55.7 Å². The minimum Gasteiger partial charge on any atom is -0.325 e. The second kappa shape index (κ2) is 7.34. The number of tetrazole rings is 1. The zero-order valence-electron chi connectivity index (χ0n) is 14.3. The maximum Gasteiger partial charge on any atom is 0.237 e. The van der Waals surface area contributed by atoms with Crippen molar-refractivity contribution < 1.29 is 4.79 Å². The molecular formula is C17H23N5OS. The molecular weight excluding hydrogens is 322 g/mol. The summed E-state index contributed by atoms with van der Waals surface area (Å²) in [4.78, 5) is 12.5. The van der Waals surface area contributed by atoms with Crippen molar-refractivity contribution in [2.45, 2.75) is 62.9 Å². The van der Waals surface area contributed by atoms with Crippen LogP contribution in [0.3, 0.4) is 0 Å². The lowest BCUT2D eigenvalue weighted by molar-refractivity contribution is -0.115. The summed E-state index contributed by atoms with van der Waals surface area (Å²) in [5, 5.41) is 15.5. The molecule has 0 aliphatic heterocycles. The Morgan fingerprint density at radius 3 is 2.79 bits per heavy atom. The number of thioether (sulfide) groups is 1. The number of hydrogen-bond donors (Lipinski definition) is 1. The number of anilines is 1. The lowest BCUT2D eigenvalue weighted by Crippen LogP contribution is -2.23. The van der Waals surface area contributed by atoms with Crippen molar-refractivity contribution in [1.29, 1.82) is 0 Å². The normalized spacial score (nSPS) is 16.3. The van der Waals surface area contributed by atoms with Crippen LogP contribution in [-0.2, 0) is 4.79 Å². The summed E-state index contributed by atoms with van der Waals surface area (Å²) in [5.41, 5.74) is 3.11. The van der Waals surface area contributed by atoms with E-state index in [9.17, 15) is 4.79 Å². The van der Waals surface area contributed by atoms with Crippen LogP contribution in [0.2, 0.25) is 0 Å². The van der Waals surface area contributed by atoms with Crippen LogP contribution in [-0.4, -0.2) is 31.4 Å². The van der Waals surface area contributed by atoms with E-state index < -0.39 is 0 Å². The zero-order chi connectivity index (χ0) is 17.1. The van der Waals surface area contributed by atoms with Gasteiger partial charge in [0.15, 0.2) is 0 Å². The smallest absolute Gasteiger partial charge is 0.237 e. The first-order valence-electron chi connectivity index (χ1n) is 8.37. The van der Waals surface area contributed by atoms with E-state index in [2.05, 4.69) is 26.9 Å². The fraction of sp³-hybridized carbons (Fsp3) is 0.529. The summed E-state index contributed by atoms with van der Waals surface area (Å²) in [5.74, 6) is -0.0343. The van der Waals surface area contributed by atoms with E-state index in [0.717, 1.165) is 29.2 Å². The number of rotatable bonds is 5. The van der Waals surface area contributed by atoms with Gasteiger partial charge >= 0.3 is 0 Å². The second-order valence-corrected chi connectivity index (χ2v) is 7.72. The van der Waals surface area contributed by atoms with Gasteiger partial charge in [-0.1, -0.05) is 42.3 Å². The van der Waals surface area contributed by atoms with Crippen LogP contribution >= 0.6 is 11.8 Å². The van der Waals surface area contributed by atoms with Gasteiger partial charge < -0.3 is 5.32 Å². The van der Waals surface area contributed by atoms with Gasteiger partial charge in [-0.25, -0.2) is 4.68 Å². The van der Waals surface area contributed by atoms with Gasteiger partial charge in [0.1, 0.15) is 0 Å². The number of nitrogens with one attached hydrogen (secondary N) is 1. The second-order valence-electron chi connectivity index (χ2n) is 6.41. The Morgan fingerprint density at radius 1 is 1.33 bits per heavy atom. The van der Waals surface area contributed by atoms with Crippen molar-refractivity contribution in [2.24, 2.45) is 0 Å². The molecule has 1 aromatic heterocycles. The monoisotopic (exact) mass is 345 g/mol. The Kier molecular flexibility index (Phi) is 5.18. The molecule has 1 heterocycles. The number of carbonyl (C=O) groups excluding carboxylic acids is 1. The van der Waals surface area contributed by atoms with E-state index in [1.807, 2.05) is 37.6 Å². The predicted molar refractivity (Wildman–Crippen MR) is 95.2 cm³/mol. The van der Waals surface area contributed by atoms with Crippen LogP contribution in [0.25, 0.3) is 0 Å². The summed E-state index contributed by atoms with van der Waals surface area (Å²) in [6, 6.07) is 6.38. The standard InChI is InChI=1S/C17H23N5OS/c1-11-8-9-15(12(2)10-11)18-16(23)13(3)24-17-19-20-21-22(17)14-6-4-5-7-14/h8-10,13-14H,4-7H2,1-3H3,(H,18,23). The molecule has 6 nitrogen and oxygen atoms in total. The van der Waals surface area contributed by atoms with Crippen molar-refractivity contribution >= 4 is 23.4 Å². The van der Waals surface area contributed by atoms with Crippen molar-refractivity contribution in [2.75, 3.05) is 5.32 Å². The average molecular weight is 345 g/mol. The molecule has 0 bridgehead atoms. The van der Waals surface area contributed by atoms with E-state index in [1.54, 1.807) is 0 Å². The summed E-state index contributed by atoms with van der Waals surface area (Å²) in [6.45, 7) is 5.93. The maximum atomic E-state index is 12.5. The SMILES string of the molecule is Cc1ccc(NC(=O)C(C)Sc2nnnn2C2CCCC2)c(C)c1. The van der Waals surface area contributed by atoms with Crippen molar-refractivity contribution in [3.63, 3.8) is 0 Å². The molecule has 1 aliphatic carbocycles. The molecule has 7 heteroatoms. The van der Waals surface area contributed by atoms with Crippen LogP contribution in [0.15, 0.2) is 23.4 Å². The van der Waals surface area contributed by atoms with Crippen LogP contribution in [0, 0.1) is 13.8 Å². The fourth-order valence-electron chi connectivity index (χ4n) is 3.04. The van der Waals surface area contributed by atoms with Gasteiger partial charge in [-0.3, -0.25) is 4.79 Å². The Morgan fingerprint density at radius 2 is 2.08 bits per heavy atom. The minimum atomic E-state index is -0.267. The van der Waals surface area contributed by atoms with E-state index in [0.29, 0.717) is 6.04 Å². The van der Waals surface area contributed by atoms with Gasteiger partial charge in [0, 0.05) is 5.69 Å². The highest BCUT2D eigenvalue weighted by Gasteiger charge is 2.24. The molecule has 1 aliphatic rings. The molecule has 1 unspecified atom stereocenters. The number of amides is 1. The molecule has 1 N–H and O–H groups in total. The number of aromatic nitrogens is 4. The summed E-state index contributed by atoms with van der Waals surface area (Å²) < 4.78 is 1.89. The summed E-state index contributed by atoms with van der Waals surface area (Å²) in [6.07, 6.45) is 4.66. The van der Waals surface area contributed by atoms with Crippen molar-refractivity contribution in [1.82, 2.24) is 20.2 Å². The molecule has 1 atom stereocenters. The highest BCUT2D eigenvalue weighted by Crippen LogP contribution is 2.32. The number of hydrogen-bond acceptors (Lipinski definition) is 5. The fourth-order valence-corrected chi connectivity index (χ4v) is 3.90. The molecule has 1 aromatic carbocycles. The first-order valence-corrected chi connectivity index (χ1v) is 9.25. The highest BCUT2D eigenvalue weighted by atomic mass is 32.2. The number of aryl methyl sites for hydroxylation is 2. The topological polar surface area (TPSA) is 72.7 Å². The Labute approximate surface area is 146 Å². The molecule has 0 radical (unpaired) electrons. The first-order chi connectivity index (χ1) is 11.5. The lowest BCUT2D eigenvalue weighted by Gasteiger charge is -2.15. The zero-order valence-corrected chi connectivity index (χ0v) is 15.1. The third kappa shape index (κ3) is 3.77. The van der Waals surface area contributed by atoms with Gasteiger partial charge in [-0.2, -0.15) is 0 Å². The molecule has 2 aromatic rings. The third-order valence-electron chi connectivity index (χ3n) is 4.42. The van der Waals surface area contributed by atoms with Crippen LogP contribution in [0.4, 0.5) is 5.69 Å². The lowest BCUT2D eigenvalue weighted by atomic mass is 10.1. The third-order valence-corrected chi connectivity index (χ3v) is 5.47. The highest BCUT2D eigenvalue weighted by molar-refractivity contribution is 8.00. The molecule has 24 heavy (non-hydrogen) atoms. The van der Waals surface area contributed by atoms with Crippen LogP contribution in [0.5, 0.6) is 0 Å². The molecule has 0 spiro atoms. The molecule has 128 valence electrons.